The molecule has 1 aliphatic heterocycles. The first-order chi connectivity index (χ1) is 20.9. The van der Waals surface area contributed by atoms with Crippen molar-refractivity contribution in [1.29, 1.82) is 0 Å². The molecular formula is C32H38N3O8+. The van der Waals surface area contributed by atoms with Gasteiger partial charge in [0.25, 0.3) is 11.8 Å². The Labute approximate surface area is 249 Å². The molecule has 2 aromatic heterocycles. The van der Waals surface area contributed by atoms with E-state index in [1.54, 1.807) is 0 Å². The van der Waals surface area contributed by atoms with E-state index in [0.717, 1.165) is 12.1 Å². The van der Waals surface area contributed by atoms with Crippen molar-refractivity contribution in [3.8, 4) is 0 Å². The minimum atomic E-state index is -0.687. The lowest BCUT2D eigenvalue weighted by Gasteiger charge is -2.12. The van der Waals surface area contributed by atoms with Crippen LogP contribution in [0.4, 0.5) is 0 Å². The van der Waals surface area contributed by atoms with Crippen LogP contribution in [0.5, 0.6) is 0 Å². The highest BCUT2D eigenvalue weighted by Crippen LogP contribution is 2.35. The summed E-state index contributed by atoms with van der Waals surface area (Å²) >= 11 is 0. The minimum absolute atomic E-state index is 0.0621. The summed E-state index contributed by atoms with van der Waals surface area (Å²) in [4.78, 5) is 42.9. The average Bonchev–Trinajstić information content (AvgIpc) is 3.55. The van der Waals surface area contributed by atoms with Crippen molar-refractivity contribution in [2.45, 2.75) is 39.7 Å². The smallest absolute Gasteiger partial charge is 0.335 e. The number of H-pyrrole nitrogens is 1. The number of benzene rings is 2. The highest BCUT2D eigenvalue weighted by Gasteiger charge is 2.32. The van der Waals surface area contributed by atoms with E-state index in [0.29, 0.717) is 51.3 Å². The van der Waals surface area contributed by atoms with Crippen molar-refractivity contribution in [2.75, 3.05) is 52.9 Å². The highest BCUT2D eigenvalue weighted by atomic mass is 16.7. The number of hydrogen-bond donors (Lipinski definition) is 1. The second-order valence-corrected chi connectivity index (χ2v) is 10.4. The van der Waals surface area contributed by atoms with Crippen LogP contribution in [0.3, 0.4) is 0 Å². The molecule has 0 atom stereocenters. The third-order valence-electron chi connectivity index (χ3n) is 7.54. The van der Waals surface area contributed by atoms with Crippen molar-refractivity contribution < 1.29 is 42.7 Å². The van der Waals surface area contributed by atoms with Crippen LogP contribution in [0.2, 0.25) is 0 Å². The van der Waals surface area contributed by atoms with Crippen LogP contribution in [0.25, 0.3) is 32.6 Å². The SMILES string of the molecule is Cc1c2cc[n+](CCOCCOCCOCCOCCC(=O)ON3C(=O)CCC3=O)cc2c(C)c2c1[nH]c1ccccc12. The second-order valence-electron chi connectivity index (χ2n) is 10.4. The Morgan fingerprint density at radius 3 is 2.12 bits per heavy atom. The maximum atomic E-state index is 11.7. The third kappa shape index (κ3) is 7.37. The quantitative estimate of drug-likeness (QED) is 0.119. The van der Waals surface area contributed by atoms with E-state index in [1.165, 1.54) is 38.2 Å². The Balaban J connectivity index is 0.921. The van der Waals surface area contributed by atoms with Crippen LogP contribution in [-0.2, 0) is 44.7 Å². The maximum Gasteiger partial charge on any atom is 0.335 e. The maximum absolute atomic E-state index is 11.7. The van der Waals surface area contributed by atoms with Gasteiger partial charge in [-0.2, -0.15) is 0 Å². The number of hydroxylamine groups is 2. The van der Waals surface area contributed by atoms with Gasteiger partial charge in [0, 0.05) is 40.6 Å². The molecule has 11 nitrogen and oxygen atoms in total. The molecule has 0 saturated carbocycles. The molecule has 43 heavy (non-hydrogen) atoms. The first-order valence-corrected chi connectivity index (χ1v) is 14.6. The van der Waals surface area contributed by atoms with Crippen molar-refractivity contribution >= 4 is 50.4 Å². The van der Waals surface area contributed by atoms with Crippen molar-refractivity contribution in [3.05, 3.63) is 53.9 Å². The summed E-state index contributed by atoms with van der Waals surface area (Å²) in [5.74, 6) is -1.69. The number of fused-ring (bicyclic) bond motifs is 4. The van der Waals surface area contributed by atoms with Crippen LogP contribution < -0.4 is 4.57 Å². The van der Waals surface area contributed by atoms with Crippen LogP contribution in [0.15, 0.2) is 42.7 Å². The van der Waals surface area contributed by atoms with Gasteiger partial charge in [-0.3, -0.25) is 9.59 Å². The number of aromatic nitrogens is 2. The van der Waals surface area contributed by atoms with Crippen LogP contribution >= 0.6 is 0 Å². The summed E-state index contributed by atoms with van der Waals surface area (Å²) < 4.78 is 24.3. The largest absolute Gasteiger partial charge is 0.378 e. The summed E-state index contributed by atoms with van der Waals surface area (Å²) in [7, 11) is 0. The zero-order chi connectivity index (χ0) is 30.2. The highest BCUT2D eigenvalue weighted by molar-refractivity contribution is 6.16. The molecule has 1 saturated heterocycles. The van der Waals surface area contributed by atoms with E-state index in [-0.39, 0.29) is 25.9 Å². The Hall–Kier alpha value is -3.90. The van der Waals surface area contributed by atoms with Gasteiger partial charge in [0.2, 0.25) is 0 Å². The number of hydrogen-bond acceptors (Lipinski definition) is 8. The molecule has 2 aromatic carbocycles. The number of pyridine rings is 1. The van der Waals surface area contributed by atoms with E-state index in [2.05, 4.69) is 66.1 Å². The van der Waals surface area contributed by atoms with Crippen molar-refractivity contribution in [2.24, 2.45) is 0 Å². The van der Waals surface area contributed by atoms with Gasteiger partial charge in [-0.05, 0) is 36.4 Å². The molecular weight excluding hydrogens is 554 g/mol. The van der Waals surface area contributed by atoms with Gasteiger partial charge in [-0.1, -0.05) is 18.2 Å². The van der Waals surface area contributed by atoms with Crippen molar-refractivity contribution in [3.63, 3.8) is 0 Å². The molecule has 0 spiro atoms. The number of amides is 2. The molecule has 1 fully saturated rings. The number of carbonyl (C=O) groups excluding carboxylic acids is 3. The fraction of sp³-hybridized carbons (Fsp3) is 0.438. The van der Waals surface area contributed by atoms with Gasteiger partial charge in [0.05, 0.1) is 58.2 Å². The first kappa shape index (κ1) is 30.6. The molecule has 0 bridgehead atoms. The topological polar surface area (TPSA) is 120 Å². The van der Waals surface area contributed by atoms with Gasteiger partial charge in [0.1, 0.15) is 6.61 Å². The molecule has 2 amide bonds. The Bertz CT molecular complexity index is 1600. The van der Waals surface area contributed by atoms with Gasteiger partial charge in [-0.15, -0.1) is 5.06 Å². The fourth-order valence-corrected chi connectivity index (χ4v) is 5.28. The Kier molecular flexibility index (Phi) is 10.3. The van der Waals surface area contributed by atoms with E-state index in [9.17, 15) is 14.4 Å². The van der Waals surface area contributed by atoms with Gasteiger partial charge in [0.15, 0.2) is 18.9 Å². The van der Waals surface area contributed by atoms with E-state index in [4.69, 9.17) is 23.8 Å². The molecule has 0 unspecified atom stereocenters. The molecule has 228 valence electrons. The van der Waals surface area contributed by atoms with Crippen LogP contribution in [0, 0.1) is 13.8 Å². The first-order valence-electron chi connectivity index (χ1n) is 14.6. The molecule has 1 aliphatic rings. The van der Waals surface area contributed by atoms with Gasteiger partial charge < -0.3 is 28.8 Å². The molecule has 4 aromatic rings. The lowest BCUT2D eigenvalue weighted by Crippen LogP contribution is -2.35. The fourth-order valence-electron chi connectivity index (χ4n) is 5.28. The molecule has 5 rings (SSSR count). The summed E-state index contributed by atoms with van der Waals surface area (Å²) in [6.45, 7) is 8.30. The van der Waals surface area contributed by atoms with E-state index < -0.39 is 17.8 Å². The third-order valence-corrected chi connectivity index (χ3v) is 7.54. The number of rotatable bonds is 16. The summed E-state index contributed by atoms with van der Waals surface area (Å²) in [5, 5.41) is 5.58. The minimum Gasteiger partial charge on any atom is -0.378 e. The number of nitrogens with zero attached hydrogens (tertiary/aromatic N) is 2. The molecule has 1 N–H and O–H groups in total. The summed E-state index contributed by atoms with van der Waals surface area (Å²) in [6, 6.07) is 10.6. The van der Waals surface area contributed by atoms with E-state index >= 15 is 0 Å². The Morgan fingerprint density at radius 1 is 0.791 bits per heavy atom. The van der Waals surface area contributed by atoms with Crippen LogP contribution in [-0.4, -0.2) is 80.7 Å². The number of carbonyl (C=O) groups is 3. The van der Waals surface area contributed by atoms with Crippen LogP contribution in [0.1, 0.15) is 30.4 Å². The number of aryl methyl sites for hydroxylation is 2. The van der Waals surface area contributed by atoms with Gasteiger partial charge in [-0.25, -0.2) is 9.36 Å². The average molecular weight is 593 g/mol. The predicted octanol–water partition coefficient (Wildman–Crippen LogP) is 3.44. The van der Waals surface area contributed by atoms with Gasteiger partial charge >= 0.3 is 5.97 Å². The number of para-hydroxylation sites is 1. The molecule has 0 radical (unpaired) electrons. The Morgan fingerprint density at radius 2 is 1.42 bits per heavy atom. The lowest BCUT2D eigenvalue weighted by atomic mass is 9.97. The standard InChI is InChI=1S/C32H37N3O8/c1-22-26-21-34(11-9-24(26)23(2)32-31(22)25-5-3-4-6-27(25)33-32)12-14-40-16-18-42-20-19-41-17-15-39-13-10-30(38)43-35-28(36)7-8-29(35)37/h3-6,9,11,21H,7-8,10,12-20H2,1-2H3/p+1. The number of imide groups is 1. The molecule has 3 heterocycles. The number of aromatic amines is 1. The summed E-state index contributed by atoms with van der Waals surface area (Å²) in [6.07, 6.45) is 4.39. The zero-order valence-corrected chi connectivity index (χ0v) is 24.7. The number of ether oxygens (including phenoxy) is 4. The predicted molar refractivity (Wildman–Crippen MR) is 158 cm³/mol. The molecule has 0 aliphatic carbocycles. The zero-order valence-electron chi connectivity index (χ0n) is 24.7. The van der Waals surface area contributed by atoms with Crippen molar-refractivity contribution in [1.82, 2.24) is 10.0 Å². The second kappa shape index (κ2) is 14.5. The lowest BCUT2D eigenvalue weighted by molar-refractivity contribution is -0.697. The molecule has 11 heteroatoms. The normalized spacial score (nSPS) is 13.7. The number of nitrogens with one attached hydrogen (secondary N) is 1. The van der Waals surface area contributed by atoms with E-state index in [1.807, 2.05) is 0 Å². The monoisotopic (exact) mass is 592 g/mol. The summed E-state index contributed by atoms with van der Waals surface area (Å²) in [5.41, 5.74) is 4.91.